The Morgan fingerprint density at radius 3 is 2.35 bits per heavy atom. The van der Waals surface area contributed by atoms with Crippen LogP contribution in [-0.4, -0.2) is 44.3 Å². The van der Waals surface area contributed by atoms with Gasteiger partial charge in [-0.3, -0.25) is 4.79 Å². The third-order valence-corrected chi connectivity index (χ3v) is 6.82. The quantitative estimate of drug-likeness (QED) is 0.494. The first-order chi connectivity index (χ1) is 17.8. The van der Waals surface area contributed by atoms with Crippen LogP contribution in [0.4, 0.5) is 0 Å². The Morgan fingerprint density at radius 1 is 0.973 bits per heavy atom. The monoisotopic (exact) mass is 507 g/mol. The predicted molar refractivity (Wildman–Crippen MR) is 138 cm³/mol. The number of methoxy groups -OCH3 is 2. The van der Waals surface area contributed by atoms with Crippen LogP contribution in [0.5, 0.6) is 23.0 Å². The second kappa shape index (κ2) is 11.0. The lowest BCUT2D eigenvalue weighted by Crippen LogP contribution is -2.36. The molecule has 0 saturated carbocycles. The molecule has 2 aromatic carbocycles. The van der Waals surface area contributed by atoms with E-state index in [0.717, 1.165) is 11.3 Å². The molecule has 1 aliphatic heterocycles. The van der Waals surface area contributed by atoms with E-state index in [0.29, 0.717) is 52.7 Å². The fraction of sp³-hybridized carbons (Fsp3) is 0.379. The largest absolute Gasteiger partial charge is 0.504 e. The zero-order valence-corrected chi connectivity index (χ0v) is 21.8. The number of ether oxygens (including phenoxy) is 4. The van der Waals surface area contributed by atoms with E-state index >= 15 is 0 Å². The van der Waals surface area contributed by atoms with Crippen LogP contribution < -0.4 is 19.5 Å². The summed E-state index contributed by atoms with van der Waals surface area (Å²) in [6.45, 7) is 5.96. The van der Waals surface area contributed by atoms with Gasteiger partial charge >= 0.3 is 5.97 Å². The summed E-state index contributed by atoms with van der Waals surface area (Å²) in [4.78, 5) is 26.9. The Balaban J connectivity index is 1.80. The summed E-state index contributed by atoms with van der Waals surface area (Å²) in [6, 6.07) is 10.6. The minimum Gasteiger partial charge on any atom is -0.504 e. The number of benzene rings is 2. The Bertz CT molecular complexity index is 1280. The van der Waals surface area contributed by atoms with Gasteiger partial charge in [0.15, 0.2) is 28.8 Å². The molecule has 0 fully saturated rings. The molecule has 2 aliphatic rings. The summed E-state index contributed by atoms with van der Waals surface area (Å²) in [5.74, 6) is 0.269. The van der Waals surface area contributed by atoms with Crippen LogP contribution in [-0.2, 0) is 14.3 Å². The molecule has 2 atom stereocenters. The zero-order chi connectivity index (χ0) is 26.7. The molecule has 0 spiro atoms. The number of phenols is 1. The topological polar surface area (TPSA) is 103 Å². The van der Waals surface area contributed by atoms with Gasteiger partial charge in [-0.05, 0) is 68.5 Å². The summed E-state index contributed by atoms with van der Waals surface area (Å²) in [7, 11) is 3.17. The van der Waals surface area contributed by atoms with Crippen LogP contribution in [0.2, 0.25) is 0 Å². The van der Waals surface area contributed by atoms with Crippen molar-refractivity contribution in [3.63, 3.8) is 0 Å². The lowest BCUT2D eigenvalue weighted by Gasteiger charge is -2.37. The van der Waals surface area contributed by atoms with Crippen molar-refractivity contribution >= 4 is 11.8 Å². The van der Waals surface area contributed by atoms with Crippen LogP contribution in [0.25, 0.3) is 0 Å². The Hall–Kier alpha value is -3.94. The second-order valence-electron chi connectivity index (χ2n) is 9.01. The number of esters is 1. The van der Waals surface area contributed by atoms with E-state index in [2.05, 4.69) is 5.32 Å². The number of phenolic OH excluding ortho intramolecular Hbond substituents is 1. The van der Waals surface area contributed by atoms with Crippen molar-refractivity contribution < 1.29 is 33.6 Å². The van der Waals surface area contributed by atoms with Crippen molar-refractivity contribution in [2.75, 3.05) is 27.4 Å². The lowest BCUT2D eigenvalue weighted by molar-refractivity contribution is -0.138. The van der Waals surface area contributed by atoms with Crippen LogP contribution in [0.1, 0.15) is 56.6 Å². The van der Waals surface area contributed by atoms with E-state index in [1.54, 1.807) is 33.3 Å². The van der Waals surface area contributed by atoms with Crippen molar-refractivity contribution in [3.8, 4) is 23.0 Å². The first-order valence-corrected chi connectivity index (χ1v) is 12.4. The number of nitrogens with one attached hydrogen (secondary N) is 1. The van der Waals surface area contributed by atoms with Crippen molar-refractivity contribution in [2.45, 2.75) is 45.4 Å². The number of hydrogen-bond donors (Lipinski definition) is 2. The number of ketones is 1. The highest BCUT2D eigenvalue weighted by Gasteiger charge is 2.41. The number of carbonyl (C=O) groups excluding carboxylic acids is 2. The average molecular weight is 508 g/mol. The zero-order valence-electron chi connectivity index (χ0n) is 21.8. The summed E-state index contributed by atoms with van der Waals surface area (Å²) < 4.78 is 21.8. The van der Waals surface area contributed by atoms with Crippen LogP contribution >= 0.6 is 0 Å². The van der Waals surface area contributed by atoms with Gasteiger partial charge in [0.25, 0.3) is 0 Å². The smallest absolute Gasteiger partial charge is 0.336 e. The summed E-state index contributed by atoms with van der Waals surface area (Å²) in [6.07, 6.45) is 0.856. The van der Waals surface area contributed by atoms with Gasteiger partial charge in [-0.1, -0.05) is 12.1 Å². The molecule has 0 radical (unpaired) electrons. The SMILES string of the molecule is CCOC(=O)C1=C(C)NC2=C(C(=O)CC(c3ccc(OC)c(OC)c3)C2)C1c1ccc(O)c(OCC)c1. The van der Waals surface area contributed by atoms with Crippen molar-refractivity contribution in [1.82, 2.24) is 5.32 Å². The standard InChI is InChI=1S/C29H33NO7/c1-6-36-24-15-18(8-10-21(24)31)27-26(29(33)37-7-2)16(3)30-20-12-19(13-22(32)28(20)27)17-9-11-23(34-4)25(14-17)35-5/h8-11,14-15,19,27,30-31H,6-7,12-13H2,1-5H3. The summed E-state index contributed by atoms with van der Waals surface area (Å²) >= 11 is 0. The lowest BCUT2D eigenvalue weighted by atomic mass is 9.71. The van der Waals surface area contributed by atoms with Crippen LogP contribution in [0, 0.1) is 0 Å². The minimum atomic E-state index is -0.644. The Labute approximate surface area is 216 Å². The van der Waals surface area contributed by atoms with E-state index < -0.39 is 11.9 Å². The number of aromatic hydroxyl groups is 1. The van der Waals surface area contributed by atoms with Gasteiger partial charge in [0.05, 0.1) is 33.0 Å². The normalized spacial score (nSPS) is 19.2. The number of hydrogen-bond acceptors (Lipinski definition) is 8. The number of Topliss-reactive ketones (excluding diaryl/α,β-unsaturated/α-hetero) is 1. The molecule has 0 amide bonds. The van der Waals surface area contributed by atoms with Crippen LogP contribution in [0.15, 0.2) is 58.9 Å². The van der Waals surface area contributed by atoms with Crippen molar-refractivity contribution in [1.29, 1.82) is 0 Å². The molecule has 2 unspecified atom stereocenters. The molecule has 2 N–H and O–H groups in total. The van der Waals surface area contributed by atoms with Gasteiger partial charge in [-0.25, -0.2) is 4.79 Å². The molecule has 8 heteroatoms. The predicted octanol–water partition coefficient (Wildman–Crippen LogP) is 4.73. The fourth-order valence-corrected chi connectivity index (χ4v) is 5.18. The number of dihydropyridines is 1. The van der Waals surface area contributed by atoms with Gasteiger partial charge in [0.1, 0.15) is 0 Å². The maximum atomic E-state index is 13.8. The van der Waals surface area contributed by atoms with E-state index in [1.807, 2.05) is 32.0 Å². The van der Waals surface area contributed by atoms with E-state index in [4.69, 9.17) is 18.9 Å². The van der Waals surface area contributed by atoms with E-state index in [-0.39, 0.29) is 30.5 Å². The maximum absolute atomic E-state index is 13.8. The molecule has 37 heavy (non-hydrogen) atoms. The highest BCUT2D eigenvalue weighted by Crippen LogP contribution is 2.47. The van der Waals surface area contributed by atoms with E-state index in [9.17, 15) is 14.7 Å². The minimum absolute atomic E-state index is 0.00406. The summed E-state index contributed by atoms with van der Waals surface area (Å²) in [5, 5.41) is 13.6. The third kappa shape index (κ3) is 5.01. The molecule has 0 aromatic heterocycles. The van der Waals surface area contributed by atoms with Gasteiger partial charge < -0.3 is 29.4 Å². The highest BCUT2D eigenvalue weighted by molar-refractivity contribution is 6.04. The van der Waals surface area contributed by atoms with Gasteiger partial charge in [0.2, 0.25) is 0 Å². The molecular weight excluding hydrogens is 474 g/mol. The number of carbonyl (C=O) groups is 2. The van der Waals surface area contributed by atoms with E-state index in [1.165, 1.54) is 6.07 Å². The molecule has 0 saturated heterocycles. The highest BCUT2D eigenvalue weighted by atomic mass is 16.5. The van der Waals surface area contributed by atoms with Crippen molar-refractivity contribution in [3.05, 3.63) is 70.1 Å². The molecule has 1 heterocycles. The molecule has 4 rings (SSSR count). The maximum Gasteiger partial charge on any atom is 0.336 e. The molecule has 0 bridgehead atoms. The third-order valence-electron chi connectivity index (χ3n) is 6.82. The van der Waals surface area contributed by atoms with Gasteiger partial charge in [0, 0.05) is 29.3 Å². The first kappa shape index (κ1) is 26.1. The van der Waals surface area contributed by atoms with Crippen LogP contribution in [0.3, 0.4) is 0 Å². The molecule has 2 aromatic rings. The Kier molecular flexibility index (Phi) is 7.76. The number of rotatable bonds is 8. The molecular formula is C29H33NO7. The molecule has 1 aliphatic carbocycles. The average Bonchev–Trinajstić information content (AvgIpc) is 2.88. The number of allylic oxidation sites excluding steroid dienone is 3. The summed E-state index contributed by atoms with van der Waals surface area (Å²) in [5.41, 5.74) is 3.98. The van der Waals surface area contributed by atoms with Crippen molar-refractivity contribution in [2.24, 2.45) is 0 Å². The fourth-order valence-electron chi connectivity index (χ4n) is 5.18. The first-order valence-electron chi connectivity index (χ1n) is 12.4. The molecule has 196 valence electrons. The van der Waals surface area contributed by atoms with Gasteiger partial charge in [-0.15, -0.1) is 0 Å². The molecule has 8 nitrogen and oxygen atoms in total. The van der Waals surface area contributed by atoms with Gasteiger partial charge in [-0.2, -0.15) is 0 Å². The Morgan fingerprint density at radius 2 is 1.68 bits per heavy atom. The second-order valence-corrected chi connectivity index (χ2v) is 9.01.